The van der Waals surface area contributed by atoms with Gasteiger partial charge in [-0.3, -0.25) is 0 Å². The van der Waals surface area contributed by atoms with E-state index in [-0.39, 0.29) is 0 Å². The van der Waals surface area contributed by atoms with Gasteiger partial charge in [-0.1, -0.05) is 48.7 Å². The predicted molar refractivity (Wildman–Crippen MR) is 67.5 cm³/mol. The third-order valence-electron chi connectivity index (χ3n) is 2.70. The molecule has 0 N–H and O–H groups in total. The van der Waals surface area contributed by atoms with Crippen LogP contribution in [-0.2, 0) is 0 Å². The lowest BCUT2D eigenvalue weighted by atomic mass is 9.81. The van der Waals surface area contributed by atoms with Gasteiger partial charge in [0.1, 0.15) is 0 Å². The molecule has 0 bridgehead atoms. The first-order valence-electron chi connectivity index (χ1n) is 4.69. The third kappa shape index (κ3) is 4.61. The molecule has 0 amide bonds. The Hall–Kier alpha value is 0.890. The maximum Gasteiger partial charge on any atom is 0.258 e. The summed E-state index contributed by atoms with van der Waals surface area (Å²) in [6.45, 7) is 4.53. The smallest absolute Gasteiger partial charge is 0.221 e. The maximum atomic E-state index is 5.60. The molecule has 0 aromatic rings. The number of hydrogen-bond donors (Lipinski definition) is 0. The zero-order valence-electron chi connectivity index (χ0n) is 8.27. The quantitative estimate of drug-likeness (QED) is 0.491. The summed E-state index contributed by atoms with van der Waals surface area (Å²) in [6, 6.07) is 0. The molecular weight excluding hydrogens is 261 g/mol. The van der Waals surface area contributed by atoms with Crippen LogP contribution in [0, 0.1) is 11.8 Å². The van der Waals surface area contributed by atoms with Crippen LogP contribution in [0.3, 0.4) is 0 Å². The van der Waals surface area contributed by atoms with Gasteiger partial charge in [-0.2, -0.15) is 0 Å². The lowest BCUT2D eigenvalue weighted by Crippen LogP contribution is -2.20. The molecule has 0 radical (unpaired) electrons. The Morgan fingerprint density at radius 3 is 2.43 bits per heavy atom. The standard InChI is InChI=1S/C9H14Cl3NS/c1-6-3-4-8(5-7(6)2)13-14-9(10,11)12/h6-7H,3-5H2,1-2H3. The van der Waals surface area contributed by atoms with Crippen LogP contribution in [-0.4, -0.2) is 8.84 Å². The van der Waals surface area contributed by atoms with E-state index in [0.29, 0.717) is 5.92 Å². The second-order valence-electron chi connectivity index (χ2n) is 3.89. The lowest BCUT2D eigenvalue weighted by molar-refractivity contribution is 0.356. The number of rotatable bonds is 1. The van der Waals surface area contributed by atoms with Crippen LogP contribution >= 0.6 is 46.8 Å². The van der Waals surface area contributed by atoms with Crippen LogP contribution in [0.25, 0.3) is 0 Å². The van der Waals surface area contributed by atoms with Gasteiger partial charge in [-0.05, 0) is 31.1 Å². The molecule has 0 heterocycles. The van der Waals surface area contributed by atoms with Crippen molar-refractivity contribution in [3.8, 4) is 0 Å². The molecule has 1 aliphatic rings. The van der Waals surface area contributed by atoms with Gasteiger partial charge in [-0.25, -0.2) is 4.40 Å². The summed E-state index contributed by atoms with van der Waals surface area (Å²) >= 11 is 17.8. The Labute approximate surface area is 105 Å². The Kier molecular flexibility index (Phi) is 4.89. The Morgan fingerprint density at radius 2 is 1.93 bits per heavy atom. The molecule has 2 atom stereocenters. The summed E-state index contributed by atoms with van der Waals surface area (Å²) in [5.74, 6) is 1.48. The van der Waals surface area contributed by atoms with E-state index < -0.39 is 3.12 Å². The highest BCUT2D eigenvalue weighted by Crippen LogP contribution is 2.40. The molecule has 14 heavy (non-hydrogen) atoms. The monoisotopic (exact) mass is 273 g/mol. The van der Waals surface area contributed by atoms with E-state index in [2.05, 4.69) is 18.2 Å². The average Bonchev–Trinajstić information content (AvgIpc) is 2.06. The van der Waals surface area contributed by atoms with Crippen molar-refractivity contribution in [3.05, 3.63) is 0 Å². The van der Waals surface area contributed by atoms with Crippen molar-refractivity contribution in [2.45, 2.75) is 36.2 Å². The minimum atomic E-state index is -1.32. The molecule has 1 saturated carbocycles. The predicted octanol–water partition coefficient (Wildman–Crippen LogP) is 4.86. The molecule has 5 heteroatoms. The minimum absolute atomic E-state index is 0.693. The SMILES string of the molecule is CC1CCC(=NSC(Cl)(Cl)Cl)CC1C. The van der Waals surface area contributed by atoms with E-state index in [1.807, 2.05) is 0 Å². The van der Waals surface area contributed by atoms with Crippen molar-refractivity contribution in [2.75, 3.05) is 0 Å². The molecule has 0 aliphatic heterocycles. The topological polar surface area (TPSA) is 12.4 Å². The Bertz CT molecular complexity index is 225. The van der Waals surface area contributed by atoms with Gasteiger partial charge in [0.2, 0.25) is 0 Å². The fourth-order valence-corrected chi connectivity index (χ4v) is 2.26. The molecule has 2 unspecified atom stereocenters. The molecule has 0 saturated heterocycles. The Morgan fingerprint density at radius 1 is 1.29 bits per heavy atom. The molecule has 1 fully saturated rings. The maximum absolute atomic E-state index is 5.60. The van der Waals surface area contributed by atoms with Crippen molar-refractivity contribution in [1.29, 1.82) is 0 Å². The summed E-state index contributed by atoms with van der Waals surface area (Å²) in [4.78, 5) is 0. The molecule has 0 aromatic heterocycles. The highest BCUT2D eigenvalue weighted by molar-refractivity contribution is 8.03. The normalized spacial score (nSPS) is 32.2. The van der Waals surface area contributed by atoms with E-state index in [1.165, 1.54) is 12.1 Å². The van der Waals surface area contributed by atoms with Gasteiger partial charge in [0.05, 0.1) is 0 Å². The van der Waals surface area contributed by atoms with Gasteiger partial charge in [0, 0.05) is 17.7 Å². The second-order valence-corrected chi connectivity index (χ2v) is 7.82. The van der Waals surface area contributed by atoms with Crippen LogP contribution in [0.1, 0.15) is 33.1 Å². The van der Waals surface area contributed by atoms with E-state index in [9.17, 15) is 0 Å². The van der Waals surface area contributed by atoms with Gasteiger partial charge in [0.25, 0.3) is 3.12 Å². The van der Waals surface area contributed by atoms with Crippen molar-refractivity contribution >= 4 is 52.5 Å². The van der Waals surface area contributed by atoms with E-state index >= 15 is 0 Å². The summed E-state index contributed by atoms with van der Waals surface area (Å²) in [5, 5.41) is 0. The van der Waals surface area contributed by atoms with Crippen LogP contribution in [0.15, 0.2) is 4.40 Å². The molecule has 0 spiro atoms. The number of halogens is 3. The summed E-state index contributed by atoms with van der Waals surface area (Å²) in [7, 11) is 0. The van der Waals surface area contributed by atoms with Gasteiger partial charge in [-0.15, -0.1) is 0 Å². The lowest BCUT2D eigenvalue weighted by Gasteiger charge is -2.26. The third-order valence-corrected chi connectivity index (χ3v) is 3.87. The number of hydrogen-bond acceptors (Lipinski definition) is 2. The van der Waals surface area contributed by atoms with Crippen LogP contribution in [0.2, 0.25) is 0 Å². The van der Waals surface area contributed by atoms with Crippen molar-refractivity contribution in [2.24, 2.45) is 16.2 Å². The average molecular weight is 275 g/mol. The minimum Gasteiger partial charge on any atom is -0.221 e. The molecular formula is C9H14Cl3NS. The van der Waals surface area contributed by atoms with E-state index in [1.54, 1.807) is 0 Å². The molecule has 0 aromatic carbocycles. The van der Waals surface area contributed by atoms with Crippen molar-refractivity contribution in [1.82, 2.24) is 0 Å². The number of alkyl halides is 3. The summed E-state index contributed by atoms with van der Waals surface area (Å²) in [5.41, 5.74) is 1.17. The molecule has 1 aliphatic carbocycles. The van der Waals surface area contributed by atoms with Crippen LogP contribution < -0.4 is 0 Å². The highest BCUT2D eigenvalue weighted by Gasteiger charge is 2.24. The highest BCUT2D eigenvalue weighted by atomic mass is 35.6. The van der Waals surface area contributed by atoms with E-state index in [4.69, 9.17) is 34.8 Å². The molecule has 1 nitrogen and oxygen atoms in total. The van der Waals surface area contributed by atoms with Crippen LogP contribution in [0.4, 0.5) is 0 Å². The second kappa shape index (κ2) is 5.29. The van der Waals surface area contributed by atoms with Gasteiger partial charge >= 0.3 is 0 Å². The summed E-state index contributed by atoms with van der Waals surface area (Å²) < 4.78 is 2.96. The van der Waals surface area contributed by atoms with E-state index in [0.717, 1.165) is 30.7 Å². The fourth-order valence-electron chi connectivity index (χ4n) is 1.55. The number of nitrogens with zero attached hydrogens (tertiary/aromatic N) is 1. The largest absolute Gasteiger partial charge is 0.258 e. The van der Waals surface area contributed by atoms with Crippen LogP contribution in [0.5, 0.6) is 0 Å². The zero-order valence-corrected chi connectivity index (χ0v) is 11.3. The first-order valence-corrected chi connectivity index (χ1v) is 6.60. The molecule has 1 rings (SSSR count). The fraction of sp³-hybridized carbons (Fsp3) is 0.889. The van der Waals surface area contributed by atoms with Gasteiger partial charge in [0.15, 0.2) is 0 Å². The Balaban J connectivity index is 2.46. The first kappa shape index (κ1) is 13.0. The van der Waals surface area contributed by atoms with Crippen molar-refractivity contribution < 1.29 is 0 Å². The first-order chi connectivity index (χ1) is 6.38. The van der Waals surface area contributed by atoms with Gasteiger partial charge < -0.3 is 0 Å². The zero-order chi connectivity index (χ0) is 10.8. The summed E-state index contributed by atoms with van der Waals surface area (Å²) in [6.07, 6.45) is 3.27. The molecule has 82 valence electrons. The van der Waals surface area contributed by atoms with Crippen molar-refractivity contribution in [3.63, 3.8) is 0 Å².